The lowest BCUT2D eigenvalue weighted by Gasteiger charge is -2.20. The van der Waals surface area contributed by atoms with Crippen LogP contribution >= 0.6 is 0 Å². The van der Waals surface area contributed by atoms with E-state index in [4.69, 9.17) is 0 Å². The van der Waals surface area contributed by atoms with Crippen molar-refractivity contribution in [3.63, 3.8) is 0 Å². The van der Waals surface area contributed by atoms with Crippen LogP contribution in [0.5, 0.6) is 0 Å². The highest BCUT2D eigenvalue weighted by molar-refractivity contribution is 5.60. The topological polar surface area (TPSA) is 60.1 Å². The molecule has 1 fully saturated rings. The van der Waals surface area contributed by atoms with Crippen LogP contribution in [0.1, 0.15) is 22.7 Å². The average molecular weight is 311 g/mol. The summed E-state index contributed by atoms with van der Waals surface area (Å²) >= 11 is 0. The summed E-state index contributed by atoms with van der Waals surface area (Å²) in [5.74, 6) is -0.220. The number of aliphatic hydroxyl groups is 1. The predicted molar refractivity (Wildman–Crippen MR) is 85.6 cm³/mol. The van der Waals surface area contributed by atoms with E-state index in [0.717, 1.165) is 16.9 Å². The van der Waals surface area contributed by atoms with Gasteiger partial charge in [0.25, 0.3) is 0 Å². The molecular formula is C18H18FN3O. The molecule has 1 saturated heterocycles. The number of aryl methyl sites for hydroxylation is 1. The maximum absolute atomic E-state index is 13.5. The molecule has 4 nitrogen and oxygen atoms in total. The zero-order valence-electron chi connectivity index (χ0n) is 12.9. The molecule has 0 spiro atoms. The van der Waals surface area contributed by atoms with Gasteiger partial charge in [-0.15, -0.1) is 0 Å². The highest BCUT2D eigenvalue weighted by Gasteiger charge is 2.34. The van der Waals surface area contributed by atoms with Crippen LogP contribution < -0.4 is 4.90 Å². The standard InChI is InChI=1S/C18H18FN3O/c1-12-5-18(14(7-20)8-21-12)22-9-15(11-23)17(10-22)13-3-2-4-16(19)6-13/h2-6,8,15,17,23H,9-11H2,1H3/t15-,17-/m0/s1. The van der Waals surface area contributed by atoms with Gasteiger partial charge < -0.3 is 10.0 Å². The van der Waals surface area contributed by atoms with E-state index >= 15 is 0 Å². The maximum Gasteiger partial charge on any atom is 0.123 e. The van der Waals surface area contributed by atoms with Gasteiger partial charge in [0.2, 0.25) is 0 Å². The molecule has 0 bridgehead atoms. The average Bonchev–Trinajstić information content (AvgIpc) is 2.99. The second kappa shape index (κ2) is 6.35. The van der Waals surface area contributed by atoms with Crippen molar-refractivity contribution < 1.29 is 9.50 Å². The SMILES string of the molecule is Cc1cc(N2C[C@@H](CO)[C@H](c3cccc(F)c3)C2)c(C#N)cn1. The summed E-state index contributed by atoms with van der Waals surface area (Å²) in [5, 5.41) is 19.0. The molecule has 2 atom stereocenters. The molecule has 2 aromatic rings. The van der Waals surface area contributed by atoms with E-state index in [0.29, 0.717) is 18.7 Å². The van der Waals surface area contributed by atoms with Gasteiger partial charge in [-0.05, 0) is 30.7 Å². The summed E-state index contributed by atoms with van der Waals surface area (Å²) < 4.78 is 13.5. The molecule has 0 radical (unpaired) electrons. The number of benzene rings is 1. The number of hydrogen-bond acceptors (Lipinski definition) is 4. The molecule has 0 unspecified atom stereocenters. The number of nitriles is 1. The molecule has 1 aromatic carbocycles. The van der Waals surface area contributed by atoms with Crippen molar-refractivity contribution in [2.45, 2.75) is 12.8 Å². The lowest BCUT2D eigenvalue weighted by molar-refractivity contribution is 0.227. The molecular weight excluding hydrogens is 293 g/mol. The molecule has 5 heteroatoms. The first-order valence-electron chi connectivity index (χ1n) is 7.60. The Morgan fingerprint density at radius 1 is 1.39 bits per heavy atom. The Kier molecular flexibility index (Phi) is 4.26. The molecule has 118 valence electrons. The van der Waals surface area contributed by atoms with Crippen molar-refractivity contribution in [1.29, 1.82) is 5.26 Å². The Morgan fingerprint density at radius 2 is 2.22 bits per heavy atom. The fourth-order valence-corrected chi connectivity index (χ4v) is 3.26. The Morgan fingerprint density at radius 3 is 2.91 bits per heavy atom. The molecule has 1 aliphatic heterocycles. The fourth-order valence-electron chi connectivity index (χ4n) is 3.26. The number of hydrogen-bond donors (Lipinski definition) is 1. The van der Waals surface area contributed by atoms with Gasteiger partial charge in [-0.3, -0.25) is 4.98 Å². The molecule has 0 saturated carbocycles. The van der Waals surface area contributed by atoms with Crippen LogP contribution in [0.4, 0.5) is 10.1 Å². The minimum Gasteiger partial charge on any atom is -0.396 e. The third-order valence-electron chi connectivity index (χ3n) is 4.43. The summed E-state index contributed by atoms with van der Waals surface area (Å²) in [5.41, 5.74) is 3.08. The van der Waals surface area contributed by atoms with Crippen LogP contribution in [0.3, 0.4) is 0 Å². The van der Waals surface area contributed by atoms with Gasteiger partial charge >= 0.3 is 0 Å². The smallest absolute Gasteiger partial charge is 0.123 e. The summed E-state index contributed by atoms with van der Waals surface area (Å²) in [7, 11) is 0. The maximum atomic E-state index is 13.5. The highest BCUT2D eigenvalue weighted by Crippen LogP contribution is 2.36. The summed E-state index contributed by atoms with van der Waals surface area (Å²) in [6.45, 7) is 3.20. The summed E-state index contributed by atoms with van der Waals surface area (Å²) in [4.78, 5) is 6.25. The second-order valence-corrected chi connectivity index (χ2v) is 5.96. The lowest BCUT2D eigenvalue weighted by Crippen LogP contribution is -2.21. The van der Waals surface area contributed by atoms with Gasteiger partial charge in [0.15, 0.2) is 0 Å². The molecule has 2 heterocycles. The van der Waals surface area contributed by atoms with Gasteiger partial charge in [0.05, 0.1) is 11.3 Å². The first-order chi connectivity index (χ1) is 11.1. The monoisotopic (exact) mass is 311 g/mol. The molecule has 0 amide bonds. The number of halogens is 1. The van der Waals surface area contributed by atoms with Gasteiger partial charge in [-0.1, -0.05) is 12.1 Å². The molecule has 1 aromatic heterocycles. The van der Waals surface area contributed by atoms with Crippen molar-refractivity contribution in [1.82, 2.24) is 4.98 Å². The molecule has 3 rings (SSSR count). The third kappa shape index (κ3) is 3.03. The van der Waals surface area contributed by atoms with Gasteiger partial charge in [-0.25, -0.2) is 4.39 Å². The minimum absolute atomic E-state index is 0.0109. The van der Waals surface area contributed by atoms with Crippen molar-refractivity contribution in [3.05, 3.63) is 59.2 Å². The predicted octanol–water partition coefficient (Wildman–Crippen LogP) is 2.61. The zero-order chi connectivity index (χ0) is 16.4. The van der Waals surface area contributed by atoms with Gasteiger partial charge in [-0.2, -0.15) is 5.26 Å². The largest absolute Gasteiger partial charge is 0.396 e. The zero-order valence-corrected chi connectivity index (χ0v) is 12.9. The Bertz CT molecular complexity index is 756. The Balaban J connectivity index is 1.93. The van der Waals surface area contributed by atoms with Crippen molar-refractivity contribution in [3.8, 4) is 6.07 Å². The molecule has 23 heavy (non-hydrogen) atoms. The van der Waals surface area contributed by atoms with E-state index in [1.54, 1.807) is 12.3 Å². The van der Waals surface area contributed by atoms with E-state index < -0.39 is 0 Å². The normalized spacial score (nSPS) is 20.5. The molecule has 1 N–H and O–H groups in total. The van der Waals surface area contributed by atoms with E-state index in [-0.39, 0.29) is 24.3 Å². The quantitative estimate of drug-likeness (QED) is 0.946. The number of nitrogens with zero attached hydrogens (tertiary/aromatic N) is 3. The molecule has 0 aliphatic carbocycles. The highest BCUT2D eigenvalue weighted by atomic mass is 19.1. The summed E-state index contributed by atoms with van der Waals surface area (Å²) in [6, 6.07) is 10.6. The van der Waals surface area contributed by atoms with E-state index in [1.807, 2.05) is 19.1 Å². The minimum atomic E-state index is -0.268. The van der Waals surface area contributed by atoms with Crippen LogP contribution in [0.15, 0.2) is 36.5 Å². The Labute approximate surface area is 134 Å². The van der Waals surface area contributed by atoms with Crippen LogP contribution in [0, 0.1) is 30.0 Å². The fraction of sp³-hybridized carbons (Fsp3) is 0.333. The number of rotatable bonds is 3. The van der Waals surface area contributed by atoms with Gasteiger partial charge in [0, 0.05) is 43.4 Å². The van der Waals surface area contributed by atoms with Gasteiger partial charge in [0.1, 0.15) is 11.9 Å². The van der Waals surface area contributed by atoms with Crippen LogP contribution in [-0.2, 0) is 0 Å². The molecule has 1 aliphatic rings. The number of anilines is 1. The van der Waals surface area contributed by atoms with Crippen LogP contribution in [0.25, 0.3) is 0 Å². The lowest BCUT2D eigenvalue weighted by atomic mass is 9.89. The first kappa shape index (κ1) is 15.4. The van der Waals surface area contributed by atoms with Crippen molar-refractivity contribution in [2.75, 3.05) is 24.6 Å². The van der Waals surface area contributed by atoms with Crippen molar-refractivity contribution >= 4 is 5.69 Å². The first-order valence-corrected chi connectivity index (χ1v) is 7.60. The third-order valence-corrected chi connectivity index (χ3v) is 4.43. The van der Waals surface area contributed by atoms with Crippen LogP contribution in [0.2, 0.25) is 0 Å². The number of aliphatic hydroxyl groups excluding tert-OH is 1. The van der Waals surface area contributed by atoms with E-state index in [2.05, 4.69) is 16.0 Å². The summed E-state index contributed by atoms with van der Waals surface area (Å²) in [6.07, 6.45) is 1.58. The van der Waals surface area contributed by atoms with E-state index in [1.165, 1.54) is 12.1 Å². The number of aromatic nitrogens is 1. The van der Waals surface area contributed by atoms with E-state index in [9.17, 15) is 14.8 Å². The second-order valence-electron chi connectivity index (χ2n) is 5.96. The van der Waals surface area contributed by atoms with Crippen molar-refractivity contribution in [2.24, 2.45) is 5.92 Å². The Hall–Kier alpha value is -2.45. The van der Waals surface area contributed by atoms with Crippen LogP contribution in [-0.4, -0.2) is 29.8 Å². The number of pyridine rings is 1.